The van der Waals surface area contributed by atoms with E-state index in [9.17, 15) is 0 Å². The molecule has 1 aromatic heterocycles. The van der Waals surface area contributed by atoms with Crippen LogP contribution in [0, 0.1) is 0 Å². The van der Waals surface area contributed by atoms with Gasteiger partial charge in [0.15, 0.2) is 5.11 Å². The van der Waals surface area contributed by atoms with Crippen LogP contribution in [0.25, 0.3) is 10.8 Å². The highest BCUT2D eigenvalue weighted by Gasteiger charge is 2.15. The molecule has 0 aliphatic heterocycles. The van der Waals surface area contributed by atoms with Crippen molar-refractivity contribution in [3.63, 3.8) is 0 Å². The third-order valence-corrected chi connectivity index (χ3v) is 4.95. The van der Waals surface area contributed by atoms with E-state index in [1.807, 2.05) is 18.2 Å². The average molecular weight is 363 g/mol. The van der Waals surface area contributed by atoms with Gasteiger partial charge in [0, 0.05) is 11.7 Å². The maximum atomic E-state index is 5.39. The lowest BCUT2D eigenvalue weighted by Gasteiger charge is -2.15. The molecule has 1 saturated carbocycles. The van der Waals surface area contributed by atoms with Gasteiger partial charge in [-0.3, -0.25) is 0 Å². The Bertz CT molecular complexity index is 901. The first-order valence-electron chi connectivity index (χ1n) is 9.06. The van der Waals surface area contributed by atoms with Crippen LogP contribution in [0.2, 0.25) is 0 Å². The second kappa shape index (κ2) is 7.70. The van der Waals surface area contributed by atoms with Crippen molar-refractivity contribution in [1.29, 1.82) is 0 Å². The number of pyridine rings is 1. The molecule has 5 heteroatoms. The molecule has 26 heavy (non-hydrogen) atoms. The van der Waals surface area contributed by atoms with Gasteiger partial charge in [0.05, 0.1) is 11.9 Å². The largest absolute Gasteiger partial charge is 0.360 e. The number of nitrogens with one attached hydrogen (secondary N) is 3. The van der Waals surface area contributed by atoms with Gasteiger partial charge in [0.1, 0.15) is 5.82 Å². The standard InChI is InChI=1S/C21H22N4S/c26-21(24-17-7-3-4-8-17)25-19-11-12-20(22-14-19)23-18-10-9-15-5-1-2-6-16(15)13-18/h1-2,5-6,9-14,17H,3-4,7-8H2,(H,22,23)(H2,24,25,26). The third kappa shape index (κ3) is 4.11. The maximum Gasteiger partial charge on any atom is 0.171 e. The number of nitrogens with zero attached hydrogens (tertiary/aromatic N) is 1. The zero-order chi connectivity index (χ0) is 17.8. The number of rotatable bonds is 4. The Morgan fingerprint density at radius 2 is 1.69 bits per heavy atom. The molecule has 132 valence electrons. The second-order valence-electron chi connectivity index (χ2n) is 6.70. The average Bonchev–Trinajstić information content (AvgIpc) is 3.16. The van der Waals surface area contributed by atoms with Crippen molar-refractivity contribution in [2.75, 3.05) is 10.6 Å². The van der Waals surface area contributed by atoms with Gasteiger partial charge in [-0.1, -0.05) is 43.2 Å². The Hall–Kier alpha value is -2.66. The molecule has 3 aromatic rings. The lowest BCUT2D eigenvalue weighted by atomic mass is 10.1. The van der Waals surface area contributed by atoms with Crippen LogP contribution in [0.3, 0.4) is 0 Å². The van der Waals surface area contributed by atoms with Crippen molar-refractivity contribution in [1.82, 2.24) is 10.3 Å². The highest BCUT2D eigenvalue weighted by atomic mass is 32.1. The predicted molar refractivity (Wildman–Crippen MR) is 113 cm³/mol. The predicted octanol–water partition coefficient (Wildman–Crippen LogP) is 5.21. The smallest absolute Gasteiger partial charge is 0.171 e. The van der Waals surface area contributed by atoms with Crippen LogP contribution in [-0.4, -0.2) is 16.1 Å². The van der Waals surface area contributed by atoms with Crippen LogP contribution in [-0.2, 0) is 0 Å². The summed E-state index contributed by atoms with van der Waals surface area (Å²) in [4.78, 5) is 4.48. The van der Waals surface area contributed by atoms with E-state index in [0.29, 0.717) is 11.2 Å². The number of aromatic nitrogens is 1. The van der Waals surface area contributed by atoms with Gasteiger partial charge in [0.25, 0.3) is 0 Å². The first-order valence-corrected chi connectivity index (χ1v) is 9.46. The van der Waals surface area contributed by atoms with Crippen LogP contribution >= 0.6 is 12.2 Å². The summed E-state index contributed by atoms with van der Waals surface area (Å²) in [5.74, 6) is 0.806. The molecular formula is C21H22N4S. The summed E-state index contributed by atoms with van der Waals surface area (Å²) in [6.07, 6.45) is 6.78. The maximum absolute atomic E-state index is 5.39. The Labute approximate surface area is 159 Å². The Balaban J connectivity index is 1.38. The number of anilines is 3. The molecule has 0 unspecified atom stereocenters. The van der Waals surface area contributed by atoms with E-state index >= 15 is 0 Å². The van der Waals surface area contributed by atoms with E-state index < -0.39 is 0 Å². The fraction of sp³-hybridized carbons (Fsp3) is 0.238. The lowest BCUT2D eigenvalue weighted by Crippen LogP contribution is -2.35. The normalized spacial score (nSPS) is 14.3. The van der Waals surface area contributed by atoms with E-state index in [1.54, 1.807) is 6.20 Å². The highest BCUT2D eigenvalue weighted by Crippen LogP contribution is 2.22. The van der Waals surface area contributed by atoms with Crippen LogP contribution in [0.1, 0.15) is 25.7 Å². The molecule has 0 amide bonds. The summed E-state index contributed by atoms with van der Waals surface area (Å²) in [6.45, 7) is 0. The zero-order valence-corrected chi connectivity index (χ0v) is 15.4. The first-order chi connectivity index (χ1) is 12.8. The number of benzene rings is 2. The fourth-order valence-electron chi connectivity index (χ4n) is 3.38. The van der Waals surface area contributed by atoms with Crippen molar-refractivity contribution in [2.45, 2.75) is 31.7 Å². The second-order valence-corrected chi connectivity index (χ2v) is 7.11. The SMILES string of the molecule is S=C(Nc1ccc(Nc2ccc3ccccc3c2)nc1)NC1CCCC1. The van der Waals surface area contributed by atoms with Gasteiger partial charge in [-0.15, -0.1) is 0 Å². The zero-order valence-electron chi connectivity index (χ0n) is 14.5. The molecule has 4 nitrogen and oxygen atoms in total. The molecule has 1 heterocycles. The number of fused-ring (bicyclic) bond motifs is 1. The topological polar surface area (TPSA) is 49.0 Å². The summed E-state index contributed by atoms with van der Waals surface area (Å²) < 4.78 is 0. The molecule has 0 saturated heterocycles. The van der Waals surface area contributed by atoms with Crippen molar-refractivity contribution in [3.8, 4) is 0 Å². The van der Waals surface area contributed by atoms with Crippen LogP contribution in [0.5, 0.6) is 0 Å². The highest BCUT2D eigenvalue weighted by molar-refractivity contribution is 7.80. The Kier molecular flexibility index (Phi) is 4.97. The molecule has 1 aliphatic carbocycles. The minimum atomic E-state index is 0.511. The van der Waals surface area contributed by atoms with Crippen LogP contribution in [0.4, 0.5) is 17.2 Å². The third-order valence-electron chi connectivity index (χ3n) is 4.73. The minimum absolute atomic E-state index is 0.511. The van der Waals surface area contributed by atoms with Gasteiger partial charge < -0.3 is 16.0 Å². The molecule has 1 fully saturated rings. The van der Waals surface area contributed by atoms with Gasteiger partial charge in [-0.05, 0) is 60.1 Å². The van der Waals surface area contributed by atoms with Gasteiger partial charge in [-0.25, -0.2) is 4.98 Å². The summed E-state index contributed by atoms with van der Waals surface area (Å²) in [7, 11) is 0. The van der Waals surface area contributed by atoms with Crippen LogP contribution in [0.15, 0.2) is 60.8 Å². The van der Waals surface area contributed by atoms with Crippen molar-refractivity contribution in [2.24, 2.45) is 0 Å². The molecule has 0 spiro atoms. The van der Waals surface area contributed by atoms with E-state index in [4.69, 9.17) is 12.2 Å². The molecule has 1 aliphatic rings. The number of hydrogen-bond donors (Lipinski definition) is 3. The van der Waals surface area contributed by atoms with Crippen LogP contribution < -0.4 is 16.0 Å². The molecule has 2 aromatic carbocycles. The minimum Gasteiger partial charge on any atom is -0.360 e. The van der Waals surface area contributed by atoms with Gasteiger partial charge in [0.2, 0.25) is 0 Å². The number of thiocarbonyl (C=S) groups is 1. The first kappa shape index (κ1) is 16.8. The summed E-state index contributed by atoms with van der Waals surface area (Å²) in [5, 5.41) is 13.1. The van der Waals surface area contributed by atoms with Crippen molar-refractivity contribution >= 4 is 45.3 Å². The molecule has 3 N–H and O–H groups in total. The van der Waals surface area contributed by atoms with E-state index in [2.05, 4.69) is 57.3 Å². The molecular weight excluding hydrogens is 340 g/mol. The summed E-state index contributed by atoms with van der Waals surface area (Å²) in [6, 6.07) is 19.1. The quantitative estimate of drug-likeness (QED) is 0.556. The molecule has 0 atom stereocenters. The van der Waals surface area contributed by atoms with Crippen molar-refractivity contribution < 1.29 is 0 Å². The van der Waals surface area contributed by atoms with Gasteiger partial charge >= 0.3 is 0 Å². The van der Waals surface area contributed by atoms with E-state index in [-0.39, 0.29) is 0 Å². The Morgan fingerprint density at radius 1 is 0.923 bits per heavy atom. The van der Waals surface area contributed by atoms with E-state index in [1.165, 1.54) is 36.5 Å². The summed E-state index contributed by atoms with van der Waals surface area (Å²) >= 11 is 5.39. The van der Waals surface area contributed by atoms with Gasteiger partial charge in [-0.2, -0.15) is 0 Å². The molecule has 4 rings (SSSR count). The summed E-state index contributed by atoms with van der Waals surface area (Å²) in [5.41, 5.74) is 1.92. The molecule has 0 bridgehead atoms. The number of hydrogen-bond acceptors (Lipinski definition) is 3. The fourth-order valence-corrected chi connectivity index (χ4v) is 3.66. The van der Waals surface area contributed by atoms with Crippen molar-refractivity contribution in [3.05, 3.63) is 60.8 Å². The monoisotopic (exact) mass is 362 g/mol. The lowest BCUT2D eigenvalue weighted by molar-refractivity contribution is 0.634. The van der Waals surface area contributed by atoms with E-state index in [0.717, 1.165) is 17.2 Å². The Morgan fingerprint density at radius 3 is 2.46 bits per heavy atom. The molecule has 0 radical (unpaired) electrons.